The van der Waals surface area contributed by atoms with Gasteiger partial charge in [0.15, 0.2) is 11.6 Å². The SMILES string of the molecule is CC(CN(C)Cc1ccc(O)c(F)c1)C(=O)O. The number of carbonyl (C=O) groups is 1. The predicted molar refractivity (Wildman–Crippen MR) is 61.2 cm³/mol. The average molecular weight is 241 g/mol. The second-order valence-corrected chi connectivity index (χ2v) is 4.22. The number of rotatable bonds is 5. The van der Waals surface area contributed by atoms with E-state index in [4.69, 9.17) is 10.2 Å². The molecule has 0 spiro atoms. The fraction of sp³-hybridized carbons (Fsp3) is 0.417. The van der Waals surface area contributed by atoms with Crippen LogP contribution < -0.4 is 0 Å². The molecule has 0 saturated heterocycles. The fourth-order valence-corrected chi connectivity index (χ4v) is 1.57. The molecule has 0 aromatic heterocycles. The van der Waals surface area contributed by atoms with Crippen molar-refractivity contribution in [2.75, 3.05) is 13.6 Å². The first kappa shape index (κ1) is 13.4. The van der Waals surface area contributed by atoms with Gasteiger partial charge in [-0.25, -0.2) is 4.39 Å². The van der Waals surface area contributed by atoms with Gasteiger partial charge in [0.1, 0.15) is 0 Å². The van der Waals surface area contributed by atoms with Crippen molar-refractivity contribution in [3.63, 3.8) is 0 Å². The van der Waals surface area contributed by atoms with Crippen LogP contribution in [0, 0.1) is 11.7 Å². The Hall–Kier alpha value is -1.62. The van der Waals surface area contributed by atoms with E-state index in [1.807, 2.05) is 0 Å². The van der Waals surface area contributed by atoms with Gasteiger partial charge in [-0.2, -0.15) is 0 Å². The third-order valence-corrected chi connectivity index (χ3v) is 2.47. The number of phenols is 1. The molecule has 94 valence electrons. The zero-order chi connectivity index (χ0) is 13.0. The average Bonchev–Trinajstić information content (AvgIpc) is 2.23. The van der Waals surface area contributed by atoms with Crippen molar-refractivity contribution < 1.29 is 19.4 Å². The maximum absolute atomic E-state index is 13.1. The highest BCUT2D eigenvalue weighted by molar-refractivity contribution is 5.69. The summed E-state index contributed by atoms with van der Waals surface area (Å²) < 4.78 is 13.1. The lowest BCUT2D eigenvalue weighted by Crippen LogP contribution is -2.28. The van der Waals surface area contributed by atoms with Crippen LogP contribution in [0.15, 0.2) is 18.2 Å². The molecule has 0 aliphatic rings. The summed E-state index contributed by atoms with van der Waals surface area (Å²) in [6.07, 6.45) is 0. The Morgan fingerprint density at radius 3 is 2.71 bits per heavy atom. The van der Waals surface area contributed by atoms with Crippen molar-refractivity contribution in [2.45, 2.75) is 13.5 Å². The second-order valence-electron chi connectivity index (χ2n) is 4.22. The van der Waals surface area contributed by atoms with Crippen LogP contribution >= 0.6 is 0 Å². The number of hydrogen-bond acceptors (Lipinski definition) is 3. The molecule has 0 bridgehead atoms. The molecule has 1 rings (SSSR count). The first-order valence-corrected chi connectivity index (χ1v) is 5.29. The first-order valence-electron chi connectivity index (χ1n) is 5.29. The van der Waals surface area contributed by atoms with Crippen molar-refractivity contribution >= 4 is 5.97 Å². The Kier molecular flexibility index (Phi) is 4.45. The molecule has 4 nitrogen and oxygen atoms in total. The Bertz CT molecular complexity index is 409. The number of aliphatic carboxylic acids is 1. The highest BCUT2D eigenvalue weighted by Crippen LogP contribution is 2.17. The van der Waals surface area contributed by atoms with Crippen molar-refractivity contribution in [1.82, 2.24) is 4.90 Å². The van der Waals surface area contributed by atoms with Crippen LogP contribution in [0.1, 0.15) is 12.5 Å². The first-order chi connectivity index (χ1) is 7.90. The topological polar surface area (TPSA) is 60.8 Å². The van der Waals surface area contributed by atoms with Gasteiger partial charge in [-0.1, -0.05) is 13.0 Å². The number of aromatic hydroxyl groups is 1. The molecule has 1 aromatic rings. The monoisotopic (exact) mass is 241 g/mol. The normalized spacial score (nSPS) is 12.7. The van der Waals surface area contributed by atoms with Gasteiger partial charge in [0.05, 0.1) is 5.92 Å². The van der Waals surface area contributed by atoms with E-state index < -0.39 is 17.7 Å². The third-order valence-electron chi connectivity index (χ3n) is 2.47. The lowest BCUT2D eigenvalue weighted by atomic mass is 10.1. The number of nitrogens with zero attached hydrogens (tertiary/aromatic N) is 1. The van der Waals surface area contributed by atoms with E-state index in [1.165, 1.54) is 12.1 Å². The summed E-state index contributed by atoms with van der Waals surface area (Å²) in [5.41, 5.74) is 0.695. The molecule has 0 fully saturated rings. The number of carboxylic acid groups (broad SMARTS) is 1. The molecule has 0 aliphatic heterocycles. The van der Waals surface area contributed by atoms with Crippen LogP contribution in [0.25, 0.3) is 0 Å². The quantitative estimate of drug-likeness (QED) is 0.823. The summed E-state index contributed by atoms with van der Waals surface area (Å²) >= 11 is 0. The third kappa shape index (κ3) is 4.03. The summed E-state index contributed by atoms with van der Waals surface area (Å²) in [4.78, 5) is 12.5. The van der Waals surface area contributed by atoms with E-state index in [2.05, 4.69) is 0 Å². The van der Waals surface area contributed by atoms with E-state index in [-0.39, 0.29) is 5.75 Å². The van der Waals surface area contributed by atoms with E-state index in [0.717, 1.165) is 0 Å². The molecule has 0 heterocycles. The van der Waals surface area contributed by atoms with E-state index in [9.17, 15) is 9.18 Å². The van der Waals surface area contributed by atoms with Gasteiger partial charge < -0.3 is 15.1 Å². The van der Waals surface area contributed by atoms with Gasteiger partial charge in [-0.05, 0) is 24.7 Å². The zero-order valence-corrected chi connectivity index (χ0v) is 9.85. The molecule has 5 heteroatoms. The number of phenolic OH excluding ortho intramolecular Hbond substituents is 1. The largest absolute Gasteiger partial charge is 0.505 e. The van der Waals surface area contributed by atoms with Crippen LogP contribution in [0.3, 0.4) is 0 Å². The molecule has 1 atom stereocenters. The highest BCUT2D eigenvalue weighted by Gasteiger charge is 2.14. The second kappa shape index (κ2) is 5.63. The molecule has 0 amide bonds. The standard InChI is InChI=1S/C12H16FNO3/c1-8(12(16)17)6-14(2)7-9-3-4-11(15)10(13)5-9/h3-5,8,15H,6-7H2,1-2H3,(H,16,17). The van der Waals surface area contributed by atoms with Crippen LogP contribution in [0.2, 0.25) is 0 Å². The maximum atomic E-state index is 13.1. The van der Waals surface area contributed by atoms with Gasteiger partial charge in [-0.15, -0.1) is 0 Å². The Balaban J connectivity index is 2.58. The van der Waals surface area contributed by atoms with Crippen molar-refractivity contribution in [3.8, 4) is 5.75 Å². The Labute approximate surface area is 99.3 Å². The summed E-state index contributed by atoms with van der Waals surface area (Å²) in [7, 11) is 1.77. The van der Waals surface area contributed by atoms with Crippen LogP contribution in [0.5, 0.6) is 5.75 Å². The zero-order valence-electron chi connectivity index (χ0n) is 9.85. The van der Waals surface area contributed by atoms with Gasteiger partial charge in [0, 0.05) is 13.1 Å². The number of hydrogen-bond donors (Lipinski definition) is 2. The van der Waals surface area contributed by atoms with E-state index in [1.54, 1.807) is 24.9 Å². The van der Waals surface area contributed by atoms with Crippen LogP contribution in [0.4, 0.5) is 4.39 Å². The highest BCUT2D eigenvalue weighted by atomic mass is 19.1. The van der Waals surface area contributed by atoms with Crippen molar-refractivity contribution in [2.24, 2.45) is 5.92 Å². The lowest BCUT2D eigenvalue weighted by Gasteiger charge is -2.19. The van der Waals surface area contributed by atoms with Crippen LogP contribution in [-0.4, -0.2) is 34.7 Å². The summed E-state index contributed by atoms with van der Waals surface area (Å²) in [5, 5.41) is 17.8. The molecule has 17 heavy (non-hydrogen) atoms. The van der Waals surface area contributed by atoms with Gasteiger partial charge in [-0.3, -0.25) is 4.79 Å². The molecule has 0 aliphatic carbocycles. The van der Waals surface area contributed by atoms with Crippen molar-refractivity contribution in [3.05, 3.63) is 29.6 Å². The molecule has 2 N–H and O–H groups in total. The summed E-state index contributed by atoms with van der Waals surface area (Å²) in [6.45, 7) is 2.45. The van der Waals surface area contributed by atoms with Gasteiger partial charge in [0.25, 0.3) is 0 Å². The van der Waals surface area contributed by atoms with E-state index >= 15 is 0 Å². The lowest BCUT2D eigenvalue weighted by molar-refractivity contribution is -0.141. The summed E-state index contributed by atoms with van der Waals surface area (Å²) in [5.74, 6) is -2.37. The Morgan fingerprint density at radius 2 is 2.18 bits per heavy atom. The fourth-order valence-electron chi connectivity index (χ4n) is 1.57. The minimum absolute atomic E-state index is 0.379. The number of benzene rings is 1. The number of halogens is 1. The predicted octanol–water partition coefficient (Wildman–Crippen LogP) is 1.68. The van der Waals surface area contributed by atoms with E-state index in [0.29, 0.717) is 18.7 Å². The molecule has 1 unspecified atom stereocenters. The molecule has 1 aromatic carbocycles. The molecule has 0 saturated carbocycles. The molecular weight excluding hydrogens is 225 g/mol. The van der Waals surface area contributed by atoms with Crippen LogP contribution in [-0.2, 0) is 11.3 Å². The van der Waals surface area contributed by atoms with Gasteiger partial charge in [0.2, 0.25) is 0 Å². The Morgan fingerprint density at radius 1 is 1.53 bits per heavy atom. The molecule has 0 radical (unpaired) electrons. The summed E-state index contributed by atoms with van der Waals surface area (Å²) in [6, 6.07) is 4.15. The maximum Gasteiger partial charge on any atom is 0.307 e. The molecular formula is C12H16FNO3. The minimum Gasteiger partial charge on any atom is -0.505 e. The smallest absolute Gasteiger partial charge is 0.307 e. The minimum atomic E-state index is -0.853. The van der Waals surface area contributed by atoms with Gasteiger partial charge >= 0.3 is 5.97 Å². The number of carboxylic acids is 1. The van der Waals surface area contributed by atoms with Crippen molar-refractivity contribution in [1.29, 1.82) is 0 Å².